The number of aliphatic imine (C=N–C) groups is 1. The first-order valence-corrected chi connectivity index (χ1v) is 11.6. The quantitative estimate of drug-likeness (QED) is 0.599. The van der Waals surface area contributed by atoms with Gasteiger partial charge in [0.15, 0.2) is 5.78 Å². The number of aryl methyl sites for hydroxylation is 1. The standard InChI is InChI=1S/C15H22N2O2.C11H14O/c1-2-3-4-11-5-7-12(8-6-11)15(19)17-13-9-14(18)16-10-13;1-4-10-8(2)6-5-7-11(10)9(3)12/h9-12H,2-8H2,1H3,(H,17,19);5-7H,4H2,1-3H3. The minimum Gasteiger partial charge on any atom is -0.324 e. The Hall–Kier alpha value is -2.56. The van der Waals surface area contributed by atoms with Crippen molar-refractivity contribution in [2.45, 2.75) is 79.1 Å². The largest absolute Gasteiger partial charge is 0.324 e. The monoisotopic (exact) mass is 424 g/mol. The van der Waals surface area contributed by atoms with Crippen molar-refractivity contribution in [1.29, 1.82) is 0 Å². The van der Waals surface area contributed by atoms with E-state index in [9.17, 15) is 14.4 Å². The van der Waals surface area contributed by atoms with Gasteiger partial charge < -0.3 is 5.32 Å². The van der Waals surface area contributed by atoms with Crippen LogP contribution in [0.4, 0.5) is 0 Å². The fraction of sp³-hybridized carbons (Fsp3) is 0.538. The number of carbonyl (C=O) groups excluding carboxylic acids is 3. The van der Waals surface area contributed by atoms with E-state index in [1.54, 1.807) is 6.92 Å². The second kappa shape index (κ2) is 12.3. The molecule has 2 aliphatic rings. The molecule has 5 nitrogen and oxygen atoms in total. The topological polar surface area (TPSA) is 75.6 Å². The number of hydrogen-bond acceptors (Lipinski definition) is 3. The number of nitrogens with one attached hydrogen (secondary N) is 1. The molecule has 0 bridgehead atoms. The van der Waals surface area contributed by atoms with E-state index < -0.39 is 0 Å². The zero-order chi connectivity index (χ0) is 22.8. The van der Waals surface area contributed by atoms with Crippen LogP contribution in [0.25, 0.3) is 0 Å². The number of allylic oxidation sites excluding steroid dienone is 1. The van der Waals surface area contributed by atoms with Crippen molar-refractivity contribution in [1.82, 2.24) is 5.32 Å². The van der Waals surface area contributed by atoms with Crippen LogP contribution in [0.15, 0.2) is 35.0 Å². The average Bonchev–Trinajstić information content (AvgIpc) is 3.17. The Bertz CT molecular complexity index is 846. The van der Waals surface area contributed by atoms with E-state index in [1.165, 1.54) is 42.7 Å². The van der Waals surface area contributed by atoms with E-state index in [4.69, 9.17) is 0 Å². The van der Waals surface area contributed by atoms with Crippen molar-refractivity contribution >= 4 is 23.8 Å². The van der Waals surface area contributed by atoms with Crippen molar-refractivity contribution in [2.24, 2.45) is 16.8 Å². The van der Waals surface area contributed by atoms with Gasteiger partial charge in [0.05, 0.1) is 11.9 Å². The molecule has 1 fully saturated rings. The molecule has 1 N–H and O–H groups in total. The molecule has 1 aromatic carbocycles. The maximum atomic E-state index is 12.1. The van der Waals surface area contributed by atoms with Gasteiger partial charge in [-0.05, 0) is 63.0 Å². The summed E-state index contributed by atoms with van der Waals surface area (Å²) in [5.74, 6) is 0.816. The first-order chi connectivity index (χ1) is 14.8. The van der Waals surface area contributed by atoms with Gasteiger partial charge in [0.2, 0.25) is 5.91 Å². The fourth-order valence-corrected chi connectivity index (χ4v) is 4.36. The van der Waals surface area contributed by atoms with Crippen LogP contribution < -0.4 is 5.32 Å². The molecule has 0 atom stereocenters. The highest BCUT2D eigenvalue weighted by molar-refractivity contribution is 6.08. The van der Waals surface area contributed by atoms with Crippen molar-refractivity contribution in [3.8, 4) is 0 Å². The van der Waals surface area contributed by atoms with Gasteiger partial charge in [0.25, 0.3) is 5.91 Å². The summed E-state index contributed by atoms with van der Waals surface area (Å²) in [6.07, 6.45) is 11.8. The third-order valence-corrected chi connectivity index (χ3v) is 6.20. The van der Waals surface area contributed by atoms with E-state index in [-0.39, 0.29) is 23.5 Å². The molecule has 1 saturated carbocycles. The molecule has 0 saturated heterocycles. The molecule has 5 heteroatoms. The summed E-state index contributed by atoms with van der Waals surface area (Å²) in [5, 5.41) is 2.79. The predicted octanol–water partition coefficient (Wildman–Crippen LogP) is 5.35. The number of nitrogens with zero attached hydrogens (tertiary/aromatic N) is 1. The number of hydrogen-bond donors (Lipinski definition) is 1. The van der Waals surface area contributed by atoms with Crippen LogP contribution in [-0.4, -0.2) is 23.8 Å². The van der Waals surface area contributed by atoms with Gasteiger partial charge in [-0.25, -0.2) is 4.99 Å². The van der Waals surface area contributed by atoms with Crippen LogP contribution in [0.3, 0.4) is 0 Å². The minimum atomic E-state index is -0.293. The Balaban J connectivity index is 0.000000245. The van der Waals surface area contributed by atoms with Gasteiger partial charge in [0.1, 0.15) is 0 Å². The Morgan fingerprint density at radius 2 is 1.84 bits per heavy atom. The van der Waals surface area contributed by atoms with Crippen molar-refractivity contribution in [2.75, 3.05) is 0 Å². The van der Waals surface area contributed by atoms with Crippen LogP contribution in [0.5, 0.6) is 0 Å². The van der Waals surface area contributed by atoms with Crippen LogP contribution in [0.1, 0.15) is 87.2 Å². The highest BCUT2D eigenvalue weighted by Gasteiger charge is 2.26. The summed E-state index contributed by atoms with van der Waals surface area (Å²) < 4.78 is 0. The molecule has 1 aromatic rings. The van der Waals surface area contributed by atoms with E-state index in [0.29, 0.717) is 5.70 Å². The number of amides is 2. The van der Waals surface area contributed by atoms with Gasteiger partial charge in [-0.2, -0.15) is 0 Å². The van der Waals surface area contributed by atoms with E-state index >= 15 is 0 Å². The van der Waals surface area contributed by atoms with Gasteiger partial charge >= 0.3 is 0 Å². The number of Topliss-reactive ketones (excluding diaryl/α,β-unsaturated/α-hetero) is 1. The summed E-state index contributed by atoms with van der Waals surface area (Å²) in [4.78, 5) is 37.8. The lowest BCUT2D eigenvalue weighted by atomic mass is 9.79. The van der Waals surface area contributed by atoms with Crippen LogP contribution in [-0.2, 0) is 16.0 Å². The molecule has 0 spiro atoms. The third kappa shape index (κ3) is 7.57. The molecule has 0 unspecified atom stereocenters. The first kappa shape index (κ1) is 24.7. The lowest BCUT2D eigenvalue weighted by molar-refractivity contribution is -0.125. The van der Waals surface area contributed by atoms with Crippen LogP contribution in [0.2, 0.25) is 0 Å². The number of rotatable bonds is 7. The zero-order valence-corrected chi connectivity index (χ0v) is 19.4. The number of ketones is 1. The number of unbranched alkanes of at least 4 members (excludes halogenated alkanes) is 1. The molecular weight excluding hydrogens is 388 g/mol. The minimum absolute atomic E-state index is 0.0429. The van der Waals surface area contributed by atoms with Gasteiger partial charge in [0, 0.05) is 17.6 Å². The summed E-state index contributed by atoms with van der Waals surface area (Å²) >= 11 is 0. The van der Waals surface area contributed by atoms with Crippen LogP contribution >= 0.6 is 0 Å². The molecule has 31 heavy (non-hydrogen) atoms. The smallest absolute Gasteiger partial charge is 0.271 e. The molecule has 0 radical (unpaired) electrons. The highest BCUT2D eigenvalue weighted by atomic mass is 16.2. The summed E-state index contributed by atoms with van der Waals surface area (Å²) in [6, 6.07) is 5.88. The second-order valence-corrected chi connectivity index (χ2v) is 8.56. The average molecular weight is 425 g/mol. The van der Waals surface area contributed by atoms with Crippen LogP contribution in [0, 0.1) is 18.8 Å². The molecule has 1 heterocycles. The lowest BCUT2D eigenvalue weighted by Crippen LogP contribution is -2.32. The number of carbonyl (C=O) groups is 3. The van der Waals surface area contributed by atoms with Gasteiger partial charge in [-0.3, -0.25) is 14.4 Å². The summed E-state index contributed by atoms with van der Waals surface area (Å²) in [5.41, 5.74) is 3.80. The molecule has 1 aliphatic heterocycles. The first-order valence-electron chi connectivity index (χ1n) is 11.6. The van der Waals surface area contributed by atoms with Gasteiger partial charge in [-0.1, -0.05) is 51.3 Å². The normalized spacial score (nSPS) is 20.0. The highest BCUT2D eigenvalue weighted by Crippen LogP contribution is 2.32. The Morgan fingerprint density at radius 1 is 1.13 bits per heavy atom. The molecule has 0 aromatic heterocycles. The maximum absolute atomic E-state index is 12.1. The predicted molar refractivity (Wildman–Crippen MR) is 125 cm³/mol. The van der Waals surface area contributed by atoms with Crippen molar-refractivity contribution < 1.29 is 14.4 Å². The summed E-state index contributed by atoms with van der Waals surface area (Å²) in [7, 11) is 0. The Labute approximate surface area is 186 Å². The van der Waals surface area contributed by atoms with Gasteiger partial charge in [-0.15, -0.1) is 0 Å². The van der Waals surface area contributed by atoms with Crippen molar-refractivity contribution in [3.05, 3.63) is 46.7 Å². The zero-order valence-electron chi connectivity index (χ0n) is 19.4. The molecule has 1 aliphatic carbocycles. The Kier molecular flexibility index (Phi) is 9.83. The van der Waals surface area contributed by atoms with E-state index in [0.717, 1.165) is 43.6 Å². The molecular formula is C26H36N2O3. The second-order valence-electron chi connectivity index (χ2n) is 8.56. The number of benzene rings is 1. The van der Waals surface area contributed by atoms with E-state index in [1.807, 2.05) is 25.1 Å². The summed E-state index contributed by atoms with van der Waals surface area (Å²) in [6.45, 7) is 7.96. The van der Waals surface area contributed by atoms with E-state index in [2.05, 4.69) is 24.2 Å². The third-order valence-electron chi connectivity index (χ3n) is 6.20. The molecule has 3 rings (SSSR count). The fourth-order valence-electron chi connectivity index (χ4n) is 4.36. The maximum Gasteiger partial charge on any atom is 0.271 e. The van der Waals surface area contributed by atoms with Crippen molar-refractivity contribution in [3.63, 3.8) is 0 Å². The SMILES string of the molecule is CCCCC1CCC(C(=O)NC2=CC(=O)N=C2)CC1.CCc1c(C)cccc1C(C)=O. The Morgan fingerprint density at radius 3 is 2.35 bits per heavy atom. The lowest BCUT2D eigenvalue weighted by Gasteiger charge is -2.27. The molecule has 2 amide bonds. The molecule has 168 valence electrons.